The van der Waals surface area contributed by atoms with Crippen molar-refractivity contribution in [1.29, 1.82) is 0 Å². The number of ether oxygens (including phenoxy) is 4. The molecule has 2 saturated heterocycles. The highest BCUT2D eigenvalue weighted by Crippen LogP contribution is 2.73. The van der Waals surface area contributed by atoms with Gasteiger partial charge >= 0.3 is 17.9 Å². The number of esters is 3. The fraction of sp³-hybridized carbons (Fsp3) is 0.808. The molecule has 3 aliphatic carbocycles. The minimum atomic E-state index is -2.18. The van der Waals surface area contributed by atoms with Gasteiger partial charge in [-0.1, -0.05) is 19.4 Å². The first-order chi connectivity index (χ1) is 17.3. The number of methoxy groups -OCH3 is 1. The first kappa shape index (κ1) is 26.6. The molecule has 2 bridgehead atoms. The summed E-state index contributed by atoms with van der Waals surface area (Å²) in [5, 5.41) is 44.7. The van der Waals surface area contributed by atoms with Crippen LogP contribution < -0.4 is 0 Å². The maximum Gasteiger partial charge on any atom is 0.348 e. The lowest BCUT2D eigenvalue weighted by Gasteiger charge is -2.69. The van der Waals surface area contributed by atoms with Gasteiger partial charge in [0.25, 0.3) is 0 Å². The van der Waals surface area contributed by atoms with Gasteiger partial charge in [0.15, 0.2) is 0 Å². The smallest absolute Gasteiger partial charge is 0.348 e. The number of carbonyl (C=O) groups excluding carboxylic acids is 3. The number of allylic oxidation sites excluding steroid dienone is 1. The monoisotopic (exact) mass is 524 g/mol. The van der Waals surface area contributed by atoms with Crippen LogP contribution in [0, 0.1) is 34.5 Å². The van der Waals surface area contributed by atoms with Crippen molar-refractivity contribution in [2.24, 2.45) is 34.5 Å². The lowest BCUT2D eigenvalue weighted by Crippen LogP contribution is -2.80. The minimum absolute atomic E-state index is 0.111. The Morgan fingerprint density at radius 3 is 2.41 bits per heavy atom. The van der Waals surface area contributed by atoms with Gasteiger partial charge in [-0.15, -0.1) is 0 Å². The van der Waals surface area contributed by atoms with Crippen LogP contribution in [0.15, 0.2) is 11.6 Å². The molecule has 11 heteroatoms. The molecule has 13 atom stereocenters. The summed E-state index contributed by atoms with van der Waals surface area (Å²) >= 11 is 0. The van der Waals surface area contributed by atoms with Gasteiger partial charge in [-0.05, 0) is 43.9 Å². The van der Waals surface area contributed by atoms with E-state index in [1.807, 2.05) is 6.92 Å². The van der Waals surface area contributed by atoms with Crippen molar-refractivity contribution in [3.63, 3.8) is 0 Å². The fourth-order valence-corrected chi connectivity index (χ4v) is 8.82. The Kier molecular flexibility index (Phi) is 6.08. The third kappa shape index (κ3) is 3.21. The second-order valence-electron chi connectivity index (χ2n) is 12.1. The van der Waals surface area contributed by atoms with Gasteiger partial charge in [-0.2, -0.15) is 0 Å². The van der Waals surface area contributed by atoms with Crippen LogP contribution in [0.1, 0.15) is 40.5 Å². The average Bonchev–Trinajstić information content (AvgIpc) is 3.12. The van der Waals surface area contributed by atoms with E-state index in [1.165, 1.54) is 6.08 Å². The molecular formula is C26H36O11. The molecule has 5 aliphatic rings. The van der Waals surface area contributed by atoms with Crippen LogP contribution in [0.2, 0.25) is 0 Å². The molecular weight excluding hydrogens is 488 g/mol. The molecule has 2 heterocycles. The number of aliphatic hydroxyl groups is 4. The lowest BCUT2D eigenvalue weighted by atomic mass is 9.37. The number of hydrogen-bond acceptors (Lipinski definition) is 11. The largest absolute Gasteiger partial charge is 0.467 e. The second kappa shape index (κ2) is 8.47. The van der Waals surface area contributed by atoms with Crippen LogP contribution in [0.4, 0.5) is 0 Å². The maximum absolute atomic E-state index is 13.4. The molecule has 3 saturated carbocycles. The molecule has 0 aromatic carbocycles. The van der Waals surface area contributed by atoms with Gasteiger partial charge in [0, 0.05) is 17.4 Å². The van der Waals surface area contributed by atoms with Crippen molar-refractivity contribution in [2.75, 3.05) is 13.7 Å². The summed E-state index contributed by atoms with van der Waals surface area (Å²) in [5.74, 6) is -5.43. The van der Waals surface area contributed by atoms with Crippen molar-refractivity contribution < 1.29 is 53.8 Å². The van der Waals surface area contributed by atoms with Gasteiger partial charge in [0.05, 0.1) is 37.9 Å². The third-order valence-electron chi connectivity index (χ3n) is 10.1. The van der Waals surface area contributed by atoms with Gasteiger partial charge in [-0.3, -0.25) is 0 Å². The first-order valence-electron chi connectivity index (χ1n) is 12.8. The summed E-state index contributed by atoms with van der Waals surface area (Å²) in [7, 11) is 1.11. The summed E-state index contributed by atoms with van der Waals surface area (Å²) in [6, 6.07) is 0. The van der Waals surface area contributed by atoms with E-state index in [4.69, 9.17) is 18.9 Å². The normalized spacial score (nSPS) is 51.8. The summed E-state index contributed by atoms with van der Waals surface area (Å²) < 4.78 is 22.6. The molecule has 4 N–H and O–H groups in total. The topological polar surface area (TPSA) is 169 Å². The van der Waals surface area contributed by atoms with Gasteiger partial charge in [-0.25, -0.2) is 14.4 Å². The predicted molar refractivity (Wildman–Crippen MR) is 123 cm³/mol. The summed E-state index contributed by atoms with van der Waals surface area (Å²) in [6.45, 7) is 6.88. The SMILES string of the molecule is COC(=O)C12OCC34C(CC5C(C)C(O)C(O)CC5(C)C3C(O)C1O)OC(=O)C(OC(=O)C=C(C)C)C24. The molecule has 5 rings (SSSR count). The Hall–Kier alpha value is -2.05. The van der Waals surface area contributed by atoms with Crippen molar-refractivity contribution in [1.82, 2.24) is 0 Å². The number of carbonyl (C=O) groups is 3. The van der Waals surface area contributed by atoms with Crippen LogP contribution in [-0.4, -0.2) is 94.3 Å². The van der Waals surface area contributed by atoms with Crippen LogP contribution in [0.3, 0.4) is 0 Å². The highest BCUT2D eigenvalue weighted by molar-refractivity contribution is 5.89. The maximum atomic E-state index is 13.4. The lowest BCUT2D eigenvalue weighted by molar-refractivity contribution is -0.307. The number of fused-ring (bicyclic) bond motifs is 2. The molecule has 37 heavy (non-hydrogen) atoms. The van der Waals surface area contributed by atoms with E-state index in [0.717, 1.165) is 7.11 Å². The minimum Gasteiger partial charge on any atom is -0.467 e. The molecule has 5 fully saturated rings. The van der Waals surface area contributed by atoms with Crippen molar-refractivity contribution in [3.8, 4) is 0 Å². The van der Waals surface area contributed by atoms with E-state index in [9.17, 15) is 34.8 Å². The van der Waals surface area contributed by atoms with Crippen molar-refractivity contribution >= 4 is 17.9 Å². The third-order valence-corrected chi connectivity index (χ3v) is 10.1. The van der Waals surface area contributed by atoms with E-state index >= 15 is 0 Å². The molecule has 13 unspecified atom stereocenters. The molecule has 206 valence electrons. The highest BCUT2D eigenvalue weighted by Gasteiger charge is 2.85. The van der Waals surface area contributed by atoms with E-state index in [0.29, 0.717) is 5.57 Å². The number of rotatable bonds is 3. The standard InChI is InChI=1S/C26H36O11/c1-10(2)6-15(28)37-18-20-25-9-35-26(20,23(33)34-5)21(31)17(30)19(25)24(4)8-13(27)16(29)11(3)12(24)7-14(25)36-22(18)32/h6,11-14,16-21,27,29-31H,7-9H2,1-5H3. The molecule has 0 aromatic heterocycles. The Morgan fingerprint density at radius 2 is 1.78 bits per heavy atom. The number of aliphatic hydroxyl groups excluding tert-OH is 4. The van der Waals surface area contributed by atoms with Gasteiger partial charge in [0.2, 0.25) is 11.7 Å². The molecule has 0 amide bonds. The predicted octanol–water partition coefficient (Wildman–Crippen LogP) is -0.526. The van der Waals surface area contributed by atoms with E-state index in [-0.39, 0.29) is 25.4 Å². The first-order valence-corrected chi connectivity index (χ1v) is 12.8. The van der Waals surface area contributed by atoms with Gasteiger partial charge < -0.3 is 39.4 Å². The Bertz CT molecular complexity index is 1040. The Balaban J connectivity index is 1.71. The summed E-state index contributed by atoms with van der Waals surface area (Å²) in [5.41, 5.74) is -3.63. The van der Waals surface area contributed by atoms with Crippen LogP contribution in [0.25, 0.3) is 0 Å². The zero-order valence-electron chi connectivity index (χ0n) is 21.6. The second-order valence-corrected chi connectivity index (χ2v) is 12.1. The fourth-order valence-electron chi connectivity index (χ4n) is 8.82. The van der Waals surface area contributed by atoms with Crippen LogP contribution in [0.5, 0.6) is 0 Å². The molecule has 2 aliphatic heterocycles. The van der Waals surface area contributed by atoms with E-state index in [2.05, 4.69) is 0 Å². The van der Waals surface area contributed by atoms with E-state index < -0.39 is 88.7 Å². The van der Waals surface area contributed by atoms with Crippen molar-refractivity contribution in [2.45, 2.75) is 82.8 Å². The molecule has 0 aromatic rings. The Labute approximate surface area is 214 Å². The van der Waals surface area contributed by atoms with Crippen molar-refractivity contribution in [3.05, 3.63) is 11.6 Å². The van der Waals surface area contributed by atoms with E-state index in [1.54, 1.807) is 20.8 Å². The van der Waals surface area contributed by atoms with Crippen LogP contribution >= 0.6 is 0 Å². The highest BCUT2D eigenvalue weighted by atomic mass is 16.6. The summed E-state index contributed by atoms with van der Waals surface area (Å²) in [6.07, 6.45) is -6.32. The van der Waals surface area contributed by atoms with Crippen LogP contribution in [-0.2, 0) is 33.3 Å². The Morgan fingerprint density at radius 1 is 1.11 bits per heavy atom. The zero-order chi connectivity index (χ0) is 27.2. The summed E-state index contributed by atoms with van der Waals surface area (Å²) in [4.78, 5) is 39.4. The number of hydrogen-bond donors (Lipinski definition) is 4. The zero-order valence-corrected chi connectivity index (χ0v) is 21.6. The molecule has 0 radical (unpaired) electrons. The average molecular weight is 525 g/mol. The molecule has 1 spiro atoms. The van der Waals surface area contributed by atoms with Gasteiger partial charge in [0.1, 0.15) is 12.2 Å². The quantitative estimate of drug-likeness (QED) is 0.213. The molecule has 11 nitrogen and oxygen atoms in total.